The largest absolute Gasteiger partial charge is 0.493 e. The van der Waals surface area contributed by atoms with E-state index in [9.17, 15) is 5.53 Å². The quantitative estimate of drug-likeness (QED) is 0.0359. The van der Waals surface area contributed by atoms with Gasteiger partial charge in [-0.3, -0.25) is 0 Å². The first-order valence-corrected chi connectivity index (χ1v) is 33.0. The van der Waals surface area contributed by atoms with Crippen molar-refractivity contribution in [3.63, 3.8) is 0 Å². The molecule has 1 heterocycles. The smallest absolute Gasteiger partial charge is 0.211 e. The van der Waals surface area contributed by atoms with Crippen molar-refractivity contribution < 1.29 is 19.1 Å². The number of nitrogens with zero attached hydrogens (tertiary/aromatic N) is 2. The summed E-state index contributed by atoms with van der Waals surface area (Å²) in [6, 6.07) is 10.2. The van der Waals surface area contributed by atoms with Crippen LogP contribution >= 0.6 is 0 Å². The van der Waals surface area contributed by atoms with E-state index in [1.54, 1.807) is 38.1 Å². The number of rotatable bonds is 44. The van der Waals surface area contributed by atoms with Crippen molar-refractivity contribution >= 4 is 11.4 Å². The van der Waals surface area contributed by atoms with E-state index >= 15 is 0 Å². The first-order chi connectivity index (χ1) is 34.8. The van der Waals surface area contributed by atoms with Gasteiger partial charge in [0.1, 0.15) is 0 Å². The van der Waals surface area contributed by atoms with Gasteiger partial charge in [0.05, 0.1) is 0 Å². The fourth-order valence-electron chi connectivity index (χ4n) is 10.8. The molecular weight excluding hydrogens is 903 g/mol. The SMILES string of the molecule is CCCCCC[CH2][Ni][CH2]CCCCCC.CCCCCCc1cc(C2=C(CCCC)C(CCCC)=C(c3cc(CCCC)c(CCCC)c(CCCC)c3)[N+]2=[N-])cc(CCCCCC)c1CCCCCC. The van der Waals surface area contributed by atoms with Crippen LogP contribution in [0.3, 0.4) is 0 Å². The Morgan fingerprint density at radius 2 is 0.549 bits per heavy atom. The van der Waals surface area contributed by atoms with Crippen LogP contribution in [0, 0.1) is 0 Å². The minimum absolute atomic E-state index is 1.03. The van der Waals surface area contributed by atoms with Gasteiger partial charge < -0.3 is 5.53 Å². The van der Waals surface area contributed by atoms with Crippen LogP contribution in [0.15, 0.2) is 35.4 Å². The summed E-state index contributed by atoms with van der Waals surface area (Å²) in [6.07, 6.45) is 50.9. The van der Waals surface area contributed by atoms with Gasteiger partial charge in [-0.2, -0.15) is 0 Å². The van der Waals surface area contributed by atoms with Gasteiger partial charge in [0.2, 0.25) is 11.4 Å². The van der Waals surface area contributed by atoms with Crippen molar-refractivity contribution in [3.05, 3.63) is 85.5 Å². The Morgan fingerprint density at radius 1 is 0.296 bits per heavy atom. The van der Waals surface area contributed by atoms with Crippen molar-refractivity contribution in [1.29, 1.82) is 0 Å². The Kier molecular flexibility index (Phi) is 39.7. The zero-order chi connectivity index (χ0) is 51.7. The monoisotopic (exact) mass is 1020 g/mol. The maximum atomic E-state index is 12.9. The van der Waals surface area contributed by atoms with Crippen molar-refractivity contribution in [2.45, 2.75) is 337 Å². The summed E-state index contributed by atoms with van der Waals surface area (Å²) < 4.78 is 1.72. The molecule has 0 N–H and O–H groups in total. The Morgan fingerprint density at radius 3 is 0.887 bits per heavy atom. The minimum Gasteiger partial charge on any atom is -0.493 e. The average molecular weight is 1020 g/mol. The normalized spacial score (nSPS) is 12.8. The molecule has 0 fully saturated rings. The van der Waals surface area contributed by atoms with E-state index in [1.165, 1.54) is 226 Å². The standard InChI is InChI=1S/C54H88N2.2C7H15.Ni/c1-9-17-25-28-33-45-41-48(42-46(34-29-26-18-10-2)50(45)38-30-27-19-11-3)54-52(37-24-16-8)51(36-23-15-7)53(56(54)55)47-39-43(31-20-12-4)49(35-22-14-6)44(40-47)32-21-13-5;2*1-3-5-7-6-4-2;/h39-42H,9-38H2,1-8H3;2*1,3-7H2,2H3;. The van der Waals surface area contributed by atoms with Gasteiger partial charge in [0.25, 0.3) is 0 Å². The number of unbranched alkanes of at least 4 members (excludes halogenated alkanes) is 22. The van der Waals surface area contributed by atoms with Crippen molar-refractivity contribution in [3.8, 4) is 0 Å². The molecule has 0 bridgehead atoms. The molecule has 3 rings (SSSR count). The van der Waals surface area contributed by atoms with Crippen LogP contribution in [-0.2, 0) is 53.0 Å². The first-order valence-electron chi connectivity index (χ1n) is 31.6. The van der Waals surface area contributed by atoms with Crippen LogP contribution in [-0.4, -0.2) is 4.70 Å². The van der Waals surface area contributed by atoms with E-state index in [0.29, 0.717) is 0 Å². The van der Waals surface area contributed by atoms with Crippen LogP contribution in [0.1, 0.15) is 332 Å². The summed E-state index contributed by atoms with van der Waals surface area (Å²) in [4.78, 5) is 0. The predicted molar refractivity (Wildman–Crippen MR) is 316 cm³/mol. The maximum absolute atomic E-state index is 12.9. The molecule has 0 saturated carbocycles. The van der Waals surface area contributed by atoms with Crippen molar-refractivity contribution in [2.75, 3.05) is 0 Å². The zero-order valence-corrected chi connectivity index (χ0v) is 50.2. The topological polar surface area (TPSA) is 25.3 Å². The number of hydrogen-bond acceptors (Lipinski definition) is 0. The van der Waals surface area contributed by atoms with E-state index < -0.39 is 0 Å². The molecule has 3 heteroatoms. The van der Waals surface area contributed by atoms with Gasteiger partial charge in [-0.1, -0.05) is 145 Å². The van der Waals surface area contributed by atoms with Gasteiger partial charge in [0.15, 0.2) is 0 Å². The first kappa shape index (κ1) is 65.1. The summed E-state index contributed by atoms with van der Waals surface area (Å²) in [5.41, 5.74) is 30.0. The van der Waals surface area contributed by atoms with Crippen LogP contribution in [0.5, 0.6) is 0 Å². The molecule has 1 aliphatic rings. The Balaban J connectivity index is 0.000000988. The van der Waals surface area contributed by atoms with Crippen molar-refractivity contribution in [1.82, 2.24) is 0 Å². The molecule has 0 saturated heterocycles. The third-order valence-electron chi connectivity index (χ3n) is 15.3. The minimum atomic E-state index is 1.03. The number of allylic oxidation sites excluding steroid dienone is 2. The van der Waals surface area contributed by atoms with Crippen molar-refractivity contribution in [2.24, 2.45) is 0 Å². The van der Waals surface area contributed by atoms with Crippen LogP contribution in [0.2, 0.25) is 10.8 Å². The molecule has 1 aliphatic heterocycles. The Hall–Kier alpha value is -1.99. The summed E-state index contributed by atoms with van der Waals surface area (Å²) in [6.45, 7) is 23.2. The molecule has 0 spiro atoms. The Bertz CT molecular complexity index is 1650. The van der Waals surface area contributed by atoms with E-state index in [0.717, 1.165) is 75.6 Å². The molecule has 2 nitrogen and oxygen atoms in total. The van der Waals surface area contributed by atoms with E-state index in [-0.39, 0.29) is 0 Å². The van der Waals surface area contributed by atoms with Gasteiger partial charge in [0, 0.05) is 22.3 Å². The summed E-state index contributed by atoms with van der Waals surface area (Å²) in [5.74, 6) is 0. The third-order valence-corrected chi connectivity index (χ3v) is 16.6. The Labute approximate surface area is 450 Å². The second-order valence-corrected chi connectivity index (χ2v) is 23.2. The zero-order valence-electron chi connectivity index (χ0n) is 49.2. The second-order valence-electron chi connectivity index (χ2n) is 21.8. The predicted octanol–water partition coefficient (Wildman–Crippen LogP) is 23.5. The van der Waals surface area contributed by atoms with Crippen LogP contribution in [0.4, 0.5) is 0 Å². The fourth-order valence-corrected chi connectivity index (χ4v) is 12.0. The average Bonchev–Trinajstić information content (AvgIpc) is 3.66. The van der Waals surface area contributed by atoms with Gasteiger partial charge in [-0.15, -0.1) is 0 Å². The van der Waals surface area contributed by atoms with E-state index in [1.807, 2.05) is 14.4 Å². The number of aryl methyl sites for hydroxylation is 4. The molecule has 0 aliphatic carbocycles. The molecule has 410 valence electrons. The number of benzene rings is 2. The number of hydrogen-bond donors (Lipinski definition) is 0. The molecular formula is C68H118N2Ni. The molecule has 71 heavy (non-hydrogen) atoms. The van der Waals surface area contributed by atoms with E-state index in [4.69, 9.17) is 0 Å². The fraction of sp³-hybridized carbons (Fsp3) is 0.765. The molecule has 0 amide bonds. The van der Waals surface area contributed by atoms with Gasteiger partial charge >= 0.3 is 103 Å². The summed E-state index contributed by atoms with van der Waals surface area (Å²) in [5, 5.41) is 2.84. The van der Waals surface area contributed by atoms with Crippen LogP contribution < -0.4 is 0 Å². The molecule has 2 aromatic carbocycles. The second kappa shape index (κ2) is 43.3. The molecule has 0 unspecified atom stereocenters. The molecule has 0 aromatic heterocycles. The maximum Gasteiger partial charge on any atom is 0.211 e. The summed E-state index contributed by atoms with van der Waals surface area (Å²) >= 11 is 2.00. The van der Waals surface area contributed by atoms with Gasteiger partial charge in [-0.25, -0.2) is 4.70 Å². The van der Waals surface area contributed by atoms with Gasteiger partial charge in [-0.05, 0) is 160 Å². The van der Waals surface area contributed by atoms with Crippen LogP contribution in [0.25, 0.3) is 16.9 Å². The summed E-state index contributed by atoms with van der Waals surface area (Å²) in [7, 11) is 0. The van der Waals surface area contributed by atoms with E-state index in [2.05, 4.69) is 93.5 Å². The molecule has 0 atom stereocenters. The molecule has 0 radical (unpaired) electrons. The third kappa shape index (κ3) is 25.4. The molecule has 2 aromatic rings.